The normalized spacial score (nSPS) is 10.3. The van der Waals surface area contributed by atoms with Crippen molar-refractivity contribution >= 4 is 17.6 Å². The van der Waals surface area contributed by atoms with Crippen LogP contribution in [0.25, 0.3) is 11.1 Å². The summed E-state index contributed by atoms with van der Waals surface area (Å²) in [7, 11) is 1.29. The maximum absolute atomic E-state index is 13.4. The zero-order valence-corrected chi connectivity index (χ0v) is 12.4. The van der Waals surface area contributed by atoms with Gasteiger partial charge in [0.25, 0.3) is 0 Å². The third kappa shape index (κ3) is 3.34. The van der Waals surface area contributed by atoms with Crippen LogP contribution in [-0.4, -0.2) is 19.7 Å². The second kappa shape index (κ2) is 6.59. The topological polar surface area (TPSA) is 35.5 Å². The predicted octanol–water partition coefficient (Wildman–Crippen LogP) is 4.33. The minimum atomic E-state index is -0.511. The van der Waals surface area contributed by atoms with Crippen molar-refractivity contribution in [2.24, 2.45) is 0 Å². The number of carbonyl (C=O) groups is 1. The van der Waals surface area contributed by atoms with Gasteiger partial charge in [0.2, 0.25) is 0 Å². The van der Waals surface area contributed by atoms with Crippen LogP contribution in [0.3, 0.4) is 0 Å². The average molecular weight is 309 g/mol. The van der Waals surface area contributed by atoms with Gasteiger partial charge in [-0.1, -0.05) is 23.7 Å². The molecule has 0 saturated carbocycles. The van der Waals surface area contributed by atoms with E-state index in [0.717, 1.165) is 0 Å². The number of hydrogen-bond donors (Lipinski definition) is 0. The third-order valence-electron chi connectivity index (χ3n) is 2.89. The number of esters is 1. The molecule has 3 nitrogen and oxygen atoms in total. The molecule has 0 N–H and O–H groups in total. The fourth-order valence-electron chi connectivity index (χ4n) is 2.01. The Hall–Kier alpha value is -2.07. The molecule has 0 aliphatic rings. The van der Waals surface area contributed by atoms with E-state index in [1.807, 2.05) is 6.92 Å². The maximum Gasteiger partial charge on any atom is 0.338 e. The molecule has 0 atom stereocenters. The molecule has 0 unspecified atom stereocenters. The fourth-order valence-corrected chi connectivity index (χ4v) is 2.33. The largest absolute Gasteiger partial charge is 0.493 e. The Labute approximate surface area is 127 Å². The molecule has 0 aliphatic carbocycles. The van der Waals surface area contributed by atoms with Crippen LogP contribution < -0.4 is 4.74 Å². The first-order valence-corrected chi connectivity index (χ1v) is 6.75. The lowest BCUT2D eigenvalue weighted by Crippen LogP contribution is -2.03. The lowest BCUT2D eigenvalue weighted by Gasteiger charge is -2.14. The van der Waals surface area contributed by atoms with Crippen molar-refractivity contribution in [1.82, 2.24) is 0 Å². The van der Waals surface area contributed by atoms with Crippen LogP contribution in [0.4, 0.5) is 4.39 Å². The molecule has 0 bridgehead atoms. The summed E-state index contributed by atoms with van der Waals surface area (Å²) in [5, 5.41) is 0.298. The fraction of sp³-hybridized carbons (Fsp3) is 0.188. The molecule has 0 aromatic heterocycles. The summed E-state index contributed by atoms with van der Waals surface area (Å²) in [5.41, 5.74) is 1.41. The first-order valence-electron chi connectivity index (χ1n) is 6.37. The van der Waals surface area contributed by atoms with E-state index in [-0.39, 0.29) is 11.4 Å². The quantitative estimate of drug-likeness (QED) is 0.789. The van der Waals surface area contributed by atoms with Crippen molar-refractivity contribution in [3.8, 4) is 16.9 Å². The molecule has 0 aliphatic heterocycles. The number of rotatable bonds is 4. The Morgan fingerprint density at radius 3 is 2.67 bits per heavy atom. The Balaban J connectivity index is 2.62. The van der Waals surface area contributed by atoms with E-state index >= 15 is 0 Å². The van der Waals surface area contributed by atoms with Crippen molar-refractivity contribution in [3.05, 3.63) is 52.8 Å². The summed E-state index contributed by atoms with van der Waals surface area (Å²) >= 11 is 6.25. The van der Waals surface area contributed by atoms with E-state index in [0.29, 0.717) is 28.5 Å². The highest BCUT2D eigenvalue weighted by Crippen LogP contribution is 2.38. The number of carbonyl (C=O) groups excluding carboxylic acids is 1. The van der Waals surface area contributed by atoms with Gasteiger partial charge in [-0.05, 0) is 36.8 Å². The summed E-state index contributed by atoms with van der Waals surface area (Å²) in [4.78, 5) is 11.6. The molecule has 0 saturated heterocycles. The van der Waals surface area contributed by atoms with Gasteiger partial charge in [0, 0.05) is 5.56 Å². The van der Waals surface area contributed by atoms with Crippen LogP contribution in [0.15, 0.2) is 36.4 Å². The van der Waals surface area contributed by atoms with Gasteiger partial charge in [0.1, 0.15) is 11.6 Å². The van der Waals surface area contributed by atoms with Gasteiger partial charge in [-0.3, -0.25) is 0 Å². The SMILES string of the molecule is CCOc1cc(C(=O)OC)cc(Cl)c1-c1cccc(F)c1. The Kier molecular flexibility index (Phi) is 4.81. The molecule has 5 heteroatoms. The van der Waals surface area contributed by atoms with Gasteiger partial charge in [0.05, 0.1) is 24.3 Å². The molecule has 0 amide bonds. The summed E-state index contributed by atoms with van der Waals surface area (Å²) in [6.07, 6.45) is 0. The van der Waals surface area contributed by atoms with Crippen LogP contribution in [0.1, 0.15) is 17.3 Å². The zero-order valence-electron chi connectivity index (χ0n) is 11.7. The van der Waals surface area contributed by atoms with Crippen LogP contribution >= 0.6 is 11.6 Å². The summed E-state index contributed by atoms with van der Waals surface area (Å²) in [6, 6.07) is 9.05. The number of halogens is 2. The zero-order chi connectivity index (χ0) is 15.4. The van der Waals surface area contributed by atoms with Gasteiger partial charge < -0.3 is 9.47 Å². The second-order valence-corrected chi connectivity index (χ2v) is 4.67. The molecule has 21 heavy (non-hydrogen) atoms. The first kappa shape index (κ1) is 15.3. The highest BCUT2D eigenvalue weighted by Gasteiger charge is 2.17. The predicted molar refractivity (Wildman–Crippen MR) is 79.4 cm³/mol. The van der Waals surface area contributed by atoms with Crippen molar-refractivity contribution < 1.29 is 18.7 Å². The monoisotopic (exact) mass is 308 g/mol. The number of hydrogen-bond acceptors (Lipinski definition) is 3. The Morgan fingerprint density at radius 1 is 1.29 bits per heavy atom. The standard InChI is InChI=1S/C16H14ClFO3/c1-3-21-14-9-11(16(19)20-2)8-13(17)15(14)10-5-4-6-12(18)7-10/h4-9H,3H2,1-2H3. The van der Waals surface area contributed by atoms with Gasteiger partial charge in [-0.2, -0.15) is 0 Å². The van der Waals surface area contributed by atoms with E-state index in [4.69, 9.17) is 16.3 Å². The van der Waals surface area contributed by atoms with Gasteiger partial charge in [-0.15, -0.1) is 0 Å². The van der Waals surface area contributed by atoms with E-state index in [9.17, 15) is 9.18 Å². The molecule has 0 heterocycles. The second-order valence-electron chi connectivity index (χ2n) is 4.27. The average Bonchev–Trinajstić information content (AvgIpc) is 2.46. The molecule has 110 valence electrons. The van der Waals surface area contributed by atoms with E-state index < -0.39 is 5.97 Å². The van der Waals surface area contributed by atoms with Crippen molar-refractivity contribution in [3.63, 3.8) is 0 Å². The van der Waals surface area contributed by atoms with Crippen molar-refractivity contribution in [1.29, 1.82) is 0 Å². The molecule has 0 spiro atoms. The third-order valence-corrected chi connectivity index (χ3v) is 3.19. The van der Waals surface area contributed by atoms with Crippen molar-refractivity contribution in [2.45, 2.75) is 6.92 Å². The number of ether oxygens (including phenoxy) is 2. The van der Waals surface area contributed by atoms with Gasteiger partial charge in [-0.25, -0.2) is 9.18 Å². The lowest BCUT2D eigenvalue weighted by molar-refractivity contribution is 0.0600. The Bertz CT molecular complexity index is 671. The van der Waals surface area contributed by atoms with E-state index in [1.165, 1.54) is 25.3 Å². The highest BCUT2D eigenvalue weighted by atomic mass is 35.5. The van der Waals surface area contributed by atoms with Crippen LogP contribution in [0.5, 0.6) is 5.75 Å². The minimum absolute atomic E-state index is 0.283. The Morgan fingerprint density at radius 2 is 2.05 bits per heavy atom. The molecule has 0 radical (unpaired) electrons. The van der Waals surface area contributed by atoms with Crippen LogP contribution in [-0.2, 0) is 4.74 Å². The maximum atomic E-state index is 13.4. The molecule has 2 aromatic rings. The van der Waals surface area contributed by atoms with Crippen LogP contribution in [0.2, 0.25) is 5.02 Å². The van der Waals surface area contributed by atoms with Gasteiger partial charge in [0.15, 0.2) is 0 Å². The number of benzene rings is 2. The van der Waals surface area contributed by atoms with E-state index in [1.54, 1.807) is 18.2 Å². The molecular formula is C16H14ClFO3. The van der Waals surface area contributed by atoms with Gasteiger partial charge >= 0.3 is 5.97 Å². The van der Waals surface area contributed by atoms with E-state index in [2.05, 4.69) is 4.74 Å². The summed E-state index contributed by atoms with van der Waals surface area (Å²) < 4.78 is 23.6. The highest BCUT2D eigenvalue weighted by molar-refractivity contribution is 6.34. The summed E-state index contributed by atoms with van der Waals surface area (Å²) in [6.45, 7) is 2.21. The minimum Gasteiger partial charge on any atom is -0.493 e. The molecule has 0 fully saturated rings. The molecule has 2 aromatic carbocycles. The summed E-state index contributed by atoms with van der Waals surface area (Å²) in [5.74, 6) is -0.470. The molecule has 2 rings (SSSR count). The molecular weight excluding hydrogens is 295 g/mol. The van der Waals surface area contributed by atoms with Crippen molar-refractivity contribution in [2.75, 3.05) is 13.7 Å². The first-order chi connectivity index (χ1) is 10.1. The smallest absolute Gasteiger partial charge is 0.338 e. The number of methoxy groups -OCH3 is 1. The lowest BCUT2D eigenvalue weighted by atomic mass is 10.0. The van der Waals surface area contributed by atoms with Crippen LogP contribution in [0, 0.1) is 5.82 Å².